The van der Waals surface area contributed by atoms with Crippen LogP contribution in [0.5, 0.6) is 0 Å². The molecule has 31 heavy (non-hydrogen) atoms. The Kier molecular flexibility index (Phi) is 5.85. The van der Waals surface area contributed by atoms with Gasteiger partial charge in [-0.3, -0.25) is 14.4 Å². The van der Waals surface area contributed by atoms with Gasteiger partial charge in [-0.05, 0) is 38.3 Å². The topological polar surface area (TPSA) is 70.2 Å². The predicted molar refractivity (Wildman–Crippen MR) is 120 cm³/mol. The van der Waals surface area contributed by atoms with Crippen LogP contribution < -0.4 is 0 Å². The summed E-state index contributed by atoms with van der Waals surface area (Å²) in [5.74, 6) is -0.991. The smallest absolute Gasteiger partial charge is 0.295 e. The van der Waals surface area contributed by atoms with Crippen LogP contribution in [0.1, 0.15) is 44.8 Å². The zero-order valence-corrected chi connectivity index (χ0v) is 17.9. The van der Waals surface area contributed by atoms with Gasteiger partial charge in [0.05, 0.1) is 0 Å². The summed E-state index contributed by atoms with van der Waals surface area (Å²) < 4.78 is 0. The molecule has 1 aliphatic rings. The molecule has 2 heterocycles. The molecule has 5 nitrogen and oxygen atoms in total. The van der Waals surface area contributed by atoms with Crippen LogP contribution in [0.3, 0.4) is 0 Å². The van der Waals surface area contributed by atoms with Crippen LogP contribution in [0.2, 0.25) is 0 Å². The van der Waals surface area contributed by atoms with Crippen molar-refractivity contribution in [2.24, 2.45) is 5.92 Å². The minimum Gasteiger partial charge on any atom is -0.358 e. The molecule has 5 heteroatoms. The van der Waals surface area contributed by atoms with Gasteiger partial charge < -0.3 is 9.88 Å². The van der Waals surface area contributed by atoms with Gasteiger partial charge in [0.25, 0.3) is 11.7 Å². The van der Waals surface area contributed by atoms with Crippen molar-refractivity contribution in [1.82, 2.24) is 9.88 Å². The highest BCUT2D eigenvalue weighted by Gasteiger charge is 2.31. The number of benzene rings is 2. The number of nitrogens with zero attached hydrogens (tertiary/aromatic N) is 1. The first-order valence-corrected chi connectivity index (χ1v) is 10.6. The fourth-order valence-electron chi connectivity index (χ4n) is 4.12. The van der Waals surface area contributed by atoms with E-state index in [1.165, 1.54) is 0 Å². The molecule has 1 amide bonds. The molecule has 3 aromatic rings. The highest BCUT2D eigenvalue weighted by molar-refractivity contribution is 6.43. The molecule has 0 saturated carbocycles. The third-order valence-corrected chi connectivity index (χ3v) is 6.03. The second kappa shape index (κ2) is 8.72. The second-order valence-corrected chi connectivity index (χ2v) is 8.21. The number of carbonyl (C=O) groups excluding carboxylic acids is 3. The van der Waals surface area contributed by atoms with Crippen LogP contribution in [0, 0.1) is 19.8 Å². The maximum Gasteiger partial charge on any atom is 0.295 e. The number of likely N-dealkylation sites (tertiary alicyclic amines) is 1. The Morgan fingerprint density at radius 3 is 2.19 bits per heavy atom. The summed E-state index contributed by atoms with van der Waals surface area (Å²) in [6.45, 7) is 4.63. The Balaban J connectivity index is 1.41. The van der Waals surface area contributed by atoms with E-state index in [4.69, 9.17) is 0 Å². The highest BCUT2D eigenvalue weighted by Crippen LogP contribution is 2.25. The first-order chi connectivity index (χ1) is 14.9. The molecule has 0 unspecified atom stereocenters. The summed E-state index contributed by atoms with van der Waals surface area (Å²) in [6.07, 6.45) is 1.15. The molecule has 1 saturated heterocycles. The summed E-state index contributed by atoms with van der Waals surface area (Å²) in [5.41, 5.74) is 4.70. The Bertz CT molecular complexity index is 1110. The number of Topliss-reactive ketones (excluding diaryl/α,β-unsaturated/α-hetero) is 2. The normalized spacial score (nSPS) is 14.5. The third kappa shape index (κ3) is 4.36. The van der Waals surface area contributed by atoms with Crippen molar-refractivity contribution >= 4 is 17.5 Å². The van der Waals surface area contributed by atoms with E-state index in [1.807, 2.05) is 61.5 Å². The first kappa shape index (κ1) is 20.8. The van der Waals surface area contributed by atoms with Crippen LogP contribution in [-0.4, -0.2) is 40.4 Å². The van der Waals surface area contributed by atoms with Crippen molar-refractivity contribution in [2.45, 2.75) is 26.7 Å². The number of amides is 1. The average Bonchev–Trinajstić information content (AvgIpc) is 3.20. The number of piperidine rings is 1. The van der Waals surface area contributed by atoms with Crippen LogP contribution in [0.4, 0.5) is 0 Å². The molecule has 0 atom stereocenters. The lowest BCUT2D eigenvalue weighted by molar-refractivity contribution is -0.127. The molecule has 1 aliphatic heterocycles. The lowest BCUT2D eigenvalue weighted by Gasteiger charge is -2.30. The lowest BCUT2D eigenvalue weighted by Crippen LogP contribution is -2.43. The van der Waals surface area contributed by atoms with E-state index in [0.717, 1.165) is 16.8 Å². The fourth-order valence-corrected chi connectivity index (χ4v) is 4.12. The number of carbonyl (C=O) groups is 3. The first-order valence-electron chi connectivity index (χ1n) is 10.6. The predicted octanol–water partition coefficient (Wildman–Crippen LogP) is 4.60. The second-order valence-electron chi connectivity index (χ2n) is 8.21. The summed E-state index contributed by atoms with van der Waals surface area (Å²) >= 11 is 0. The van der Waals surface area contributed by atoms with E-state index in [1.54, 1.807) is 17.9 Å². The number of ketones is 2. The highest BCUT2D eigenvalue weighted by atomic mass is 16.2. The van der Waals surface area contributed by atoms with Crippen LogP contribution in [0.15, 0.2) is 60.7 Å². The lowest BCUT2D eigenvalue weighted by atomic mass is 9.88. The number of aryl methyl sites for hydroxylation is 2. The number of hydrogen-bond donors (Lipinski definition) is 1. The van der Waals surface area contributed by atoms with Crippen molar-refractivity contribution in [3.63, 3.8) is 0 Å². The molecule has 1 fully saturated rings. The van der Waals surface area contributed by atoms with Crippen molar-refractivity contribution in [2.75, 3.05) is 13.1 Å². The standard InChI is InChI=1S/C26H26N2O3/c1-17-8-10-20(11-9-17)24(29)21-12-14-28(15-13-21)26(31)25(30)22-16-23(27-18(22)2)19-6-4-3-5-7-19/h3-11,16,21,27H,12-15H2,1-2H3. The third-order valence-electron chi connectivity index (χ3n) is 6.03. The molecule has 0 radical (unpaired) electrons. The Labute approximate surface area is 182 Å². The van der Waals surface area contributed by atoms with E-state index < -0.39 is 11.7 Å². The van der Waals surface area contributed by atoms with Gasteiger partial charge in [0, 0.05) is 41.5 Å². The number of hydrogen-bond acceptors (Lipinski definition) is 3. The maximum absolute atomic E-state index is 12.9. The monoisotopic (exact) mass is 414 g/mol. The van der Waals surface area contributed by atoms with Crippen LogP contribution in [0.25, 0.3) is 11.3 Å². The molecule has 2 aromatic carbocycles. The van der Waals surface area contributed by atoms with Crippen molar-refractivity contribution in [3.8, 4) is 11.3 Å². The fraction of sp³-hybridized carbons (Fsp3) is 0.269. The number of rotatable bonds is 5. The maximum atomic E-state index is 12.9. The summed E-state index contributed by atoms with van der Waals surface area (Å²) in [4.78, 5) is 43.3. The van der Waals surface area contributed by atoms with E-state index in [2.05, 4.69) is 4.98 Å². The van der Waals surface area contributed by atoms with Crippen molar-refractivity contribution in [1.29, 1.82) is 0 Å². The molecule has 0 aliphatic carbocycles. The minimum atomic E-state index is -0.501. The molecule has 0 bridgehead atoms. The zero-order chi connectivity index (χ0) is 22.0. The average molecular weight is 415 g/mol. The van der Waals surface area contributed by atoms with E-state index in [9.17, 15) is 14.4 Å². The van der Waals surface area contributed by atoms with Gasteiger partial charge >= 0.3 is 0 Å². The Hall–Kier alpha value is -3.47. The van der Waals surface area contributed by atoms with Gasteiger partial charge in [0.1, 0.15) is 0 Å². The van der Waals surface area contributed by atoms with Gasteiger partial charge in [-0.1, -0.05) is 60.2 Å². The zero-order valence-electron chi connectivity index (χ0n) is 17.9. The molecule has 1 N–H and O–H groups in total. The summed E-state index contributed by atoms with van der Waals surface area (Å²) in [6, 6.07) is 19.0. The van der Waals surface area contributed by atoms with E-state index in [-0.39, 0.29) is 11.7 Å². The number of nitrogens with one attached hydrogen (secondary N) is 1. The minimum absolute atomic E-state index is 0.111. The van der Waals surface area contributed by atoms with Gasteiger partial charge in [0.15, 0.2) is 5.78 Å². The number of aromatic nitrogens is 1. The molecule has 1 aromatic heterocycles. The van der Waals surface area contributed by atoms with Crippen LogP contribution in [-0.2, 0) is 4.79 Å². The van der Waals surface area contributed by atoms with Gasteiger partial charge in [-0.25, -0.2) is 0 Å². The molecular formula is C26H26N2O3. The van der Waals surface area contributed by atoms with Crippen molar-refractivity contribution < 1.29 is 14.4 Å². The van der Waals surface area contributed by atoms with Gasteiger partial charge in [-0.2, -0.15) is 0 Å². The molecule has 4 rings (SSSR count). The Morgan fingerprint density at radius 2 is 1.55 bits per heavy atom. The molecular weight excluding hydrogens is 388 g/mol. The van der Waals surface area contributed by atoms with Crippen LogP contribution >= 0.6 is 0 Å². The van der Waals surface area contributed by atoms with Gasteiger partial charge in [0.2, 0.25) is 0 Å². The quantitative estimate of drug-likeness (QED) is 0.490. The largest absolute Gasteiger partial charge is 0.358 e. The number of H-pyrrole nitrogens is 1. The summed E-state index contributed by atoms with van der Waals surface area (Å²) in [5, 5.41) is 0. The summed E-state index contributed by atoms with van der Waals surface area (Å²) in [7, 11) is 0. The van der Waals surface area contributed by atoms with Crippen molar-refractivity contribution in [3.05, 3.63) is 83.0 Å². The Morgan fingerprint density at radius 1 is 0.903 bits per heavy atom. The molecule has 0 spiro atoms. The SMILES string of the molecule is Cc1ccc(C(=O)C2CCN(C(=O)C(=O)c3cc(-c4ccccc4)[nH]c3C)CC2)cc1. The number of aromatic amines is 1. The van der Waals surface area contributed by atoms with E-state index >= 15 is 0 Å². The molecule has 158 valence electrons. The van der Waals surface area contributed by atoms with E-state index in [0.29, 0.717) is 42.8 Å². The van der Waals surface area contributed by atoms with Gasteiger partial charge in [-0.15, -0.1) is 0 Å².